The molecule has 0 aliphatic carbocycles. The van der Waals surface area contributed by atoms with Crippen molar-refractivity contribution in [3.8, 4) is 11.3 Å². The third-order valence-corrected chi connectivity index (χ3v) is 1.71. The van der Waals surface area contributed by atoms with Crippen LogP contribution in [0.15, 0.2) is 47.1 Å². The number of benzene rings is 1. The lowest BCUT2D eigenvalue weighted by Crippen LogP contribution is -1.69. The number of furan rings is 1. The van der Waals surface area contributed by atoms with Gasteiger partial charge in [-0.25, -0.2) is 0 Å². The average molecular weight is 157 g/mol. The second-order valence-corrected chi connectivity index (χ2v) is 2.69. The van der Waals surface area contributed by atoms with Crippen molar-refractivity contribution in [1.29, 1.82) is 0 Å². The Morgan fingerprint density at radius 1 is 1.08 bits per heavy atom. The van der Waals surface area contributed by atoms with Crippen molar-refractivity contribution in [3.63, 3.8) is 0 Å². The quantitative estimate of drug-likeness (QED) is 0.619. The van der Waals surface area contributed by atoms with Gasteiger partial charge in [0.2, 0.25) is 0 Å². The van der Waals surface area contributed by atoms with E-state index < -0.39 is 0 Å². The fraction of sp³-hybridized carbons (Fsp3) is 0. The molecule has 0 atom stereocenters. The van der Waals surface area contributed by atoms with Crippen molar-refractivity contribution >= 4 is 0 Å². The second-order valence-electron chi connectivity index (χ2n) is 2.69. The van der Waals surface area contributed by atoms with Gasteiger partial charge in [0.1, 0.15) is 5.76 Å². The van der Waals surface area contributed by atoms with Gasteiger partial charge in [-0.3, -0.25) is 0 Å². The zero-order valence-corrected chi connectivity index (χ0v) is 6.66. The Hall–Kier alpha value is -1.50. The molecule has 1 heterocycles. The SMILES string of the molecule is [CH2]c1coc(-c2ccccc2)c1. The van der Waals surface area contributed by atoms with Gasteiger partial charge in [0.05, 0.1) is 6.26 Å². The van der Waals surface area contributed by atoms with Gasteiger partial charge in [-0.15, -0.1) is 0 Å². The summed E-state index contributed by atoms with van der Waals surface area (Å²) in [5, 5.41) is 0. The Balaban J connectivity index is 2.45. The summed E-state index contributed by atoms with van der Waals surface area (Å²) in [6.45, 7) is 3.77. The Bertz CT molecular complexity index is 360. The topological polar surface area (TPSA) is 13.1 Å². The van der Waals surface area contributed by atoms with E-state index in [1.807, 2.05) is 36.4 Å². The van der Waals surface area contributed by atoms with Crippen LogP contribution in [0.25, 0.3) is 11.3 Å². The fourth-order valence-corrected chi connectivity index (χ4v) is 1.13. The fourth-order valence-electron chi connectivity index (χ4n) is 1.13. The number of hydrogen-bond donors (Lipinski definition) is 0. The summed E-state index contributed by atoms with van der Waals surface area (Å²) < 4.78 is 5.29. The van der Waals surface area contributed by atoms with E-state index in [-0.39, 0.29) is 0 Å². The van der Waals surface area contributed by atoms with Gasteiger partial charge >= 0.3 is 0 Å². The lowest BCUT2D eigenvalue weighted by Gasteiger charge is -1.92. The molecule has 1 aromatic carbocycles. The predicted octanol–water partition coefficient (Wildman–Crippen LogP) is 3.13. The molecule has 0 bridgehead atoms. The zero-order valence-electron chi connectivity index (χ0n) is 6.66. The molecular weight excluding hydrogens is 148 g/mol. The Morgan fingerprint density at radius 2 is 1.83 bits per heavy atom. The predicted molar refractivity (Wildman–Crippen MR) is 48.6 cm³/mol. The van der Waals surface area contributed by atoms with E-state index in [1.165, 1.54) is 0 Å². The van der Waals surface area contributed by atoms with Crippen LogP contribution in [0.4, 0.5) is 0 Å². The van der Waals surface area contributed by atoms with Gasteiger partial charge in [-0.2, -0.15) is 0 Å². The van der Waals surface area contributed by atoms with Crippen LogP contribution in [-0.2, 0) is 0 Å². The molecule has 1 aromatic heterocycles. The third-order valence-electron chi connectivity index (χ3n) is 1.71. The van der Waals surface area contributed by atoms with Crippen LogP contribution in [0.2, 0.25) is 0 Å². The number of rotatable bonds is 1. The molecule has 0 aliphatic heterocycles. The summed E-state index contributed by atoms with van der Waals surface area (Å²) in [7, 11) is 0. The van der Waals surface area contributed by atoms with E-state index in [1.54, 1.807) is 6.26 Å². The van der Waals surface area contributed by atoms with E-state index >= 15 is 0 Å². The number of hydrogen-bond acceptors (Lipinski definition) is 1. The third kappa shape index (κ3) is 1.26. The minimum absolute atomic E-state index is 0.876. The van der Waals surface area contributed by atoms with Gasteiger partial charge in [-0.1, -0.05) is 30.3 Å². The minimum atomic E-state index is 0.876. The molecule has 0 amide bonds. The molecule has 2 aromatic rings. The normalized spacial score (nSPS) is 10.1. The van der Waals surface area contributed by atoms with E-state index in [4.69, 9.17) is 4.42 Å². The van der Waals surface area contributed by atoms with Crippen LogP contribution in [0.5, 0.6) is 0 Å². The van der Waals surface area contributed by atoms with E-state index in [0.717, 1.165) is 16.9 Å². The molecule has 12 heavy (non-hydrogen) atoms. The standard InChI is InChI=1S/C11H9O/c1-9-7-11(12-8-9)10-5-3-2-4-6-10/h2-8H,1H2. The summed E-state index contributed by atoms with van der Waals surface area (Å²) in [4.78, 5) is 0. The summed E-state index contributed by atoms with van der Waals surface area (Å²) in [5.74, 6) is 0.876. The van der Waals surface area contributed by atoms with Crippen molar-refractivity contribution in [2.24, 2.45) is 0 Å². The maximum Gasteiger partial charge on any atom is 0.134 e. The second kappa shape index (κ2) is 2.86. The molecular formula is C11H9O. The molecule has 59 valence electrons. The molecule has 1 nitrogen and oxygen atoms in total. The highest BCUT2D eigenvalue weighted by Crippen LogP contribution is 2.20. The monoisotopic (exact) mass is 157 g/mol. The van der Waals surface area contributed by atoms with E-state index in [0.29, 0.717) is 0 Å². The summed E-state index contributed by atoms with van der Waals surface area (Å²) in [6, 6.07) is 11.9. The van der Waals surface area contributed by atoms with Gasteiger partial charge in [0.25, 0.3) is 0 Å². The van der Waals surface area contributed by atoms with E-state index in [2.05, 4.69) is 6.92 Å². The van der Waals surface area contributed by atoms with Crippen LogP contribution in [-0.4, -0.2) is 0 Å². The molecule has 0 unspecified atom stereocenters. The molecule has 2 rings (SSSR count). The van der Waals surface area contributed by atoms with Crippen LogP contribution in [0, 0.1) is 6.92 Å². The van der Waals surface area contributed by atoms with Gasteiger partial charge in [-0.05, 0) is 18.6 Å². The van der Waals surface area contributed by atoms with Crippen molar-refractivity contribution < 1.29 is 4.42 Å². The van der Waals surface area contributed by atoms with Crippen molar-refractivity contribution in [3.05, 3.63) is 55.1 Å². The van der Waals surface area contributed by atoms with Gasteiger partial charge in [0, 0.05) is 5.56 Å². The van der Waals surface area contributed by atoms with Crippen molar-refractivity contribution in [2.45, 2.75) is 0 Å². The molecule has 0 N–H and O–H groups in total. The molecule has 0 spiro atoms. The lowest BCUT2D eigenvalue weighted by molar-refractivity contribution is 0.581. The first-order valence-corrected chi connectivity index (χ1v) is 3.82. The summed E-state index contributed by atoms with van der Waals surface area (Å²) in [6.07, 6.45) is 1.66. The summed E-state index contributed by atoms with van der Waals surface area (Å²) in [5.41, 5.74) is 2.00. The first kappa shape index (κ1) is 7.17. The highest BCUT2D eigenvalue weighted by Gasteiger charge is 1.99. The van der Waals surface area contributed by atoms with Crippen molar-refractivity contribution in [1.82, 2.24) is 0 Å². The Morgan fingerprint density at radius 3 is 2.42 bits per heavy atom. The van der Waals surface area contributed by atoms with Crippen LogP contribution in [0.3, 0.4) is 0 Å². The molecule has 1 heteroatoms. The summed E-state index contributed by atoms with van der Waals surface area (Å²) >= 11 is 0. The average Bonchev–Trinajstić information content (AvgIpc) is 2.54. The highest BCUT2D eigenvalue weighted by molar-refractivity contribution is 5.57. The highest BCUT2D eigenvalue weighted by atomic mass is 16.3. The van der Waals surface area contributed by atoms with Gasteiger partial charge < -0.3 is 4.42 Å². The van der Waals surface area contributed by atoms with E-state index in [9.17, 15) is 0 Å². The van der Waals surface area contributed by atoms with Gasteiger partial charge in [0.15, 0.2) is 0 Å². The van der Waals surface area contributed by atoms with Crippen LogP contribution >= 0.6 is 0 Å². The molecule has 1 radical (unpaired) electrons. The maximum absolute atomic E-state index is 5.29. The Labute approximate surface area is 71.6 Å². The van der Waals surface area contributed by atoms with Crippen LogP contribution in [0.1, 0.15) is 5.56 Å². The Kier molecular flexibility index (Phi) is 1.71. The smallest absolute Gasteiger partial charge is 0.134 e. The lowest BCUT2D eigenvalue weighted by atomic mass is 10.2. The van der Waals surface area contributed by atoms with Crippen LogP contribution < -0.4 is 0 Å². The van der Waals surface area contributed by atoms with Crippen molar-refractivity contribution in [2.75, 3.05) is 0 Å². The first-order chi connectivity index (χ1) is 5.86. The zero-order chi connectivity index (χ0) is 8.39. The molecule has 0 saturated heterocycles. The molecule has 0 fully saturated rings. The largest absolute Gasteiger partial charge is 0.464 e. The molecule has 0 saturated carbocycles. The first-order valence-electron chi connectivity index (χ1n) is 3.82. The minimum Gasteiger partial charge on any atom is -0.464 e. The maximum atomic E-state index is 5.29. The molecule has 0 aliphatic rings.